The predicted octanol–water partition coefficient (Wildman–Crippen LogP) is 2.24. The third kappa shape index (κ3) is 4.83. The lowest BCUT2D eigenvalue weighted by atomic mass is 9.96. The van der Waals surface area contributed by atoms with Gasteiger partial charge in [0.2, 0.25) is 5.91 Å². The van der Waals surface area contributed by atoms with E-state index in [1.165, 1.54) is 11.3 Å². The van der Waals surface area contributed by atoms with Gasteiger partial charge in [-0.05, 0) is 42.5 Å². The third-order valence-corrected chi connectivity index (χ3v) is 5.35. The van der Waals surface area contributed by atoms with Crippen LogP contribution in [0.1, 0.15) is 28.1 Å². The summed E-state index contributed by atoms with van der Waals surface area (Å²) in [5, 5.41) is 4.66. The molecule has 0 bridgehead atoms. The first-order valence-corrected chi connectivity index (χ1v) is 9.63. The van der Waals surface area contributed by atoms with Crippen molar-refractivity contribution in [3.05, 3.63) is 64.0 Å². The molecule has 1 saturated heterocycles. The highest BCUT2D eigenvalue weighted by Gasteiger charge is 2.28. The van der Waals surface area contributed by atoms with Crippen molar-refractivity contribution >= 4 is 35.1 Å². The van der Waals surface area contributed by atoms with E-state index in [1.54, 1.807) is 35.2 Å². The average molecular weight is 383 g/mol. The second-order valence-electron chi connectivity index (χ2n) is 6.36. The summed E-state index contributed by atoms with van der Waals surface area (Å²) in [4.78, 5) is 39.4. The van der Waals surface area contributed by atoms with Crippen molar-refractivity contribution in [2.75, 3.05) is 13.1 Å². The number of piperidine rings is 1. The van der Waals surface area contributed by atoms with E-state index < -0.39 is 0 Å². The van der Waals surface area contributed by atoms with Crippen molar-refractivity contribution in [3.8, 4) is 0 Å². The first-order chi connectivity index (χ1) is 13.0. The summed E-state index contributed by atoms with van der Waals surface area (Å²) >= 11 is 1.48. The minimum atomic E-state index is -0.334. The number of benzene rings is 1. The van der Waals surface area contributed by atoms with Crippen molar-refractivity contribution in [3.63, 3.8) is 0 Å². The second-order valence-corrected chi connectivity index (χ2v) is 7.34. The molecule has 3 amide bonds. The minimum Gasteiger partial charge on any atom is -0.369 e. The number of nitrogens with zero attached hydrogens (tertiary/aromatic N) is 1. The van der Waals surface area contributed by atoms with Crippen LogP contribution in [-0.2, 0) is 9.59 Å². The second kappa shape index (κ2) is 8.64. The van der Waals surface area contributed by atoms with Gasteiger partial charge < -0.3 is 16.0 Å². The van der Waals surface area contributed by atoms with Crippen molar-refractivity contribution in [2.45, 2.75) is 12.8 Å². The topological polar surface area (TPSA) is 92.5 Å². The minimum absolute atomic E-state index is 0.197. The predicted molar refractivity (Wildman–Crippen MR) is 105 cm³/mol. The van der Waals surface area contributed by atoms with E-state index in [-0.39, 0.29) is 29.3 Å². The Balaban J connectivity index is 1.77. The molecular weight excluding hydrogens is 362 g/mol. The lowest BCUT2D eigenvalue weighted by Crippen LogP contribution is -2.44. The smallest absolute Gasteiger partial charge is 0.270 e. The quantitative estimate of drug-likeness (QED) is 0.776. The van der Waals surface area contributed by atoms with Gasteiger partial charge in [-0.3, -0.25) is 14.4 Å². The SMILES string of the molecule is NC(=O)C1CCN(C(=O)/C(=C/c2cccs2)NC(=O)c2ccccc2)CC1. The lowest BCUT2D eigenvalue weighted by Gasteiger charge is -2.31. The number of primary amides is 1. The number of hydrogen-bond donors (Lipinski definition) is 2. The first kappa shape index (κ1) is 18.8. The van der Waals surface area contributed by atoms with Crippen LogP contribution in [0.4, 0.5) is 0 Å². The molecule has 1 aromatic heterocycles. The van der Waals surface area contributed by atoms with Gasteiger partial charge >= 0.3 is 0 Å². The number of rotatable bonds is 5. The van der Waals surface area contributed by atoms with Crippen LogP contribution in [0, 0.1) is 5.92 Å². The molecule has 1 aliphatic rings. The number of amides is 3. The highest BCUT2D eigenvalue weighted by molar-refractivity contribution is 7.10. The van der Waals surface area contributed by atoms with Gasteiger partial charge in [0.25, 0.3) is 11.8 Å². The summed E-state index contributed by atoms with van der Waals surface area (Å²) < 4.78 is 0. The third-order valence-electron chi connectivity index (χ3n) is 4.53. The van der Waals surface area contributed by atoms with E-state index in [9.17, 15) is 14.4 Å². The molecule has 3 rings (SSSR count). The standard InChI is InChI=1S/C20H21N3O3S/c21-18(24)14-8-10-23(11-9-14)20(26)17(13-16-7-4-12-27-16)22-19(25)15-5-2-1-3-6-15/h1-7,12-14H,8-11H2,(H2,21,24)(H,22,25)/b17-13-. The fourth-order valence-electron chi connectivity index (χ4n) is 2.99. The lowest BCUT2D eigenvalue weighted by molar-refractivity contribution is -0.131. The van der Waals surface area contributed by atoms with Gasteiger partial charge in [0.15, 0.2) is 0 Å². The Labute approximate surface area is 161 Å². The Morgan fingerprint density at radius 1 is 1.07 bits per heavy atom. The van der Waals surface area contributed by atoms with Crippen molar-refractivity contribution in [2.24, 2.45) is 11.7 Å². The first-order valence-electron chi connectivity index (χ1n) is 8.75. The van der Waals surface area contributed by atoms with Crippen LogP contribution in [-0.4, -0.2) is 35.7 Å². The summed E-state index contributed by atoms with van der Waals surface area (Å²) in [7, 11) is 0. The molecule has 0 atom stereocenters. The van der Waals surface area contributed by atoms with Gasteiger partial charge in [-0.15, -0.1) is 11.3 Å². The van der Waals surface area contributed by atoms with E-state index >= 15 is 0 Å². The van der Waals surface area contributed by atoms with Crippen LogP contribution in [0.5, 0.6) is 0 Å². The molecule has 0 saturated carbocycles. The highest BCUT2D eigenvalue weighted by Crippen LogP contribution is 2.20. The van der Waals surface area contributed by atoms with Crippen LogP contribution in [0.15, 0.2) is 53.5 Å². The van der Waals surface area contributed by atoms with Crippen LogP contribution in [0.3, 0.4) is 0 Å². The Bertz CT molecular complexity index is 839. The zero-order chi connectivity index (χ0) is 19.2. The molecule has 1 aliphatic heterocycles. The zero-order valence-electron chi connectivity index (χ0n) is 14.8. The summed E-state index contributed by atoms with van der Waals surface area (Å²) in [5.41, 5.74) is 6.07. The molecule has 2 heterocycles. The molecule has 1 fully saturated rings. The normalized spacial score (nSPS) is 15.4. The van der Waals surface area contributed by atoms with Crippen LogP contribution >= 0.6 is 11.3 Å². The summed E-state index contributed by atoms with van der Waals surface area (Å²) in [6.07, 6.45) is 2.77. The van der Waals surface area contributed by atoms with Crippen molar-refractivity contribution in [1.82, 2.24) is 10.2 Å². The van der Waals surface area contributed by atoms with Gasteiger partial charge in [-0.25, -0.2) is 0 Å². The Kier molecular flexibility index (Phi) is 6.03. The van der Waals surface area contributed by atoms with Gasteiger partial charge in [-0.2, -0.15) is 0 Å². The number of thiophene rings is 1. The van der Waals surface area contributed by atoms with Gasteiger partial charge in [0, 0.05) is 29.4 Å². The van der Waals surface area contributed by atoms with Crippen molar-refractivity contribution in [1.29, 1.82) is 0 Å². The number of nitrogens with one attached hydrogen (secondary N) is 1. The van der Waals surface area contributed by atoms with Crippen molar-refractivity contribution < 1.29 is 14.4 Å². The molecule has 3 N–H and O–H groups in total. The maximum Gasteiger partial charge on any atom is 0.270 e. The van der Waals surface area contributed by atoms with E-state index in [0.29, 0.717) is 31.5 Å². The molecule has 0 aliphatic carbocycles. The molecule has 2 aromatic rings. The summed E-state index contributed by atoms with van der Waals surface area (Å²) in [5.74, 6) is -1.11. The van der Waals surface area contributed by atoms with Gasteiger partial charge in [-0.1, -0.05) is 24.3 Å². The molecule has 0 spiro atoms. The van der Waals surface area contributed by atoms with Crippen LogP contribution < -0.4 is 11.1 Å². The average Bonchev–Trinajstić information content (AvgIpc) is 3.20. The fourth-order valence-corrected chi connectivity index (χ4v) is 3.65. The Morgan fingerprint density at radius 2 is 1.78 bits per heavy atom. The number of likely N-dealkylation sites (tertiary alicyclic amines) is 1. The Morgan fingerprint density at radius 3 is 2.37 bits per heavy atom. The maximum atomic E-state index is 13.0. The molecule has 6 nitrogen and oxygen atoms in total. The van der Waals surface area contributed by atoms with E-state index in [2.05, 4.69) is 5.32 Å². The molecule has 1 aromatic carbocycles. The highest BCUT2D eigenvalue weighted by atomic mass is 32.1. The Hall–Kier alpha value is -2.93. The number of carbonyl (C=O) groups is 3. The number of hydrogen-bond acceptors (Lipinski definition) is 4. The van der Waals surface area contributed by atoms with Crippen LogP contribution in [0.25, 0.3) is 6.08 Å². The summed E-state index contributed by atoms with van der Waals surface area (Å²) in [6, 6.07) is 12.5. The molecular formula is C20H21N3O3S. The molecule has 0 unspecified atom stereocenters. The monoisotopic (exact) mass is 383 g/mol. The largest absolute Gasteiger partial charge is 0.369 e. The fraction of sp³-hybridized carbons (Fsp3) is 0.250. The molecule has 0 radical (unpaired) electrons. The van der Waals surface area contributed by atoms with Crippen LogP contribution in [0.2, 0.25) is 0 Å². The van der Waals surface area contributed by atoms with E-state index in [1.807, 2.05) is 23.6 Å². The number of carbonyl (C=O) groups excluding carboxylic acids is 3. The maximum absolute atomic E-state index is 13.0. The number of nitrogens with two attached hydrogens (primary N) is 1. The van der Waals surface area contributed by atoms with Gasteiger partial charge in [0.1, 0.15) is 5.70 Å². The zero-order valence-corrected chi connectivity index (χ0v) is 15.6. The molecule has 140 valence electrons. The summed E-state index contributed by atoms with van der Waals surface area (Å²) in [6.45, 7) is 0.880. The van der Waals surface area contributed by atoms with E-state index in [0.717, 1.165) is 4.88 Å². The van der Waals surface area contributed by atoms with E-state index in [4.69, 9.17) is 5.73 Å². The molecule has 7 heteroatoms. The van der Waals surface area contributed by atoms with Gasteiger partial charge in [0.05, 0.1) is 0 Å². The molecule has 27 heavy (non-hydrogen) atoms.